The summed E-state index contributed by atoms with van der Waals surface area (Å²) in [7, 11) is 1.34. The van der Waals surface area contributed by atoms with E-state index >= 15 is 0 Å². The minimum absolute atomic E-state index is 0.296. The number of amides is 1. The summed E-state index contributed by atoms with van der Waals surface area (Å²) in [4.78, 5) is 33.8. The molecule has 1 fully saturated rings. The second-order valence-electron chi connectivity index (χ2n) is 8.00. The lowest BCUT2D eigenvalue weighted by molar-refractivity contribution is -0.142. The predicted molar refractivity (Wildman–Crippen MR) is 119 cm³/mol. The number of nitrogens with one attached hydrogen (secondary N) is 2. The lowest BCUT2D eigenvalue weighted by atomic mass is 10.0. The minimum atomic E-state index is -0.798. The quantitative estimate of drug-likeness (QED) is 0.466. The third-order valence-electron chi connectivity index (χ3n) is 5.87. The van der Waals surface area contributed by atoms with E-state index in [4.69, 9.17) is 9.72 Å². The second-order valence-corrected chi connectivity index (χ2v) is 8.00. The molecule has 0 radical (unpaired) electrons. The standard InChI is InChI=1S/C25H23N3O3/c1-31-25(30)23(12-16-14-26-20-8-4-2-6-17(16)20)28-24(29)19-13-22(15-10-11-15)27-21-9-5-3-7-18(19)21/h2-9,13-15,23,26H,10-12H2,1H3,(H,28,29). The molecule has 1 aliphatic carbocycles. The van der Waals surface area contributed by atoms with Crippen LogP contribution in [0, 0.1) is 0 Å². The second kappa shape index (κ2) is 7.87. The first-order chi connectivity index (χ1) is 15.1. The SMILES string of the molecule is COC(=O)C(Cc1c[nH]c2ccccc12)NC(=O)c1cc(C2CC2)nc2ccccc12. The van der Waals surface area contributed by atoms with Gasteiger partial charge in [0.15, 0.2) is 0 Å². The van der Waals surface area contributed by atoms with Crippen molar-refractivity contribution >= 4 is 33.7 Å². The highest BCUT2D eigenvalue weighted by molar-refractivity contribution is 6.07. The Morgan fingerprint density at radius 3 is 2.65 bits per heavy atom. The van der Waals surface area contributed by atoms with Gasteiger partial charge in [0, 0.05) is 40.5 Å². The van der Waals surface area contributed by atoms with Crippen LogP contribution in [0.1, 0.15) is 40.4 Å². The van der Waals surface area contributed by atoms with Gasteiger partial charge >= 0.3 is 5.97 Å². The maximum atomic E-state index is 13.3. The number of fused-ring (bicyclic) bond motifs is 2. The third-order valence-corrected chi connectivity index (χ3v) is 5.87. The van der Waals surface area contributed by atoms with Crippen LogP contribution >= 0.6 is 0 Å². The number of aromatic amines is 1. The van der Waals surface area contributed by atoms with E-state index in [0.717, 1.165) is 45.9 Å². The van der Waals surface area contributed by atoms with Gasteiger partial charge in [-0.25, -0.2) is 4.79 Å². The Kier molecular flexibility index (Phi) is 4.90. The molecule has 2 heterocycles. The Labute approximate surface area is 179 Å². The molecule has 2 aromatic heterocycles. The number of carbonyl (C=O) groups is 2. The number of hydrogen-bond acceptors (Lipinski definition) is 4. The number of ether oxygens (including phenoxy) is 1. The van der Waals surface area contributed by atoms with Crippen LogP contribution in [0.3, 0.4) is 0 Å². The lowest BCUT2D eigenvalue weighted by Crippen LogP contribution is -2.43. The number of nitrogens with zero attached hydrogens (tertiary/aromatic N) is 1. The third kappa shape index (κ3) is 3.77. The van der Waals surface area contributed by atoms with E-state index in [-0.39, 0.29) is 5.91 Å². The van der Waals surface area contributed by atoms with Gasteiger partial charge in [-0.2, -0.15) is 0 Å². The zero-order valence-electron chi connectivity index (χ0n) is 17.2. The van der Waals surface area contributed by atoms with Gasteiger partial charge in [-0.15, -0.1) is 0 Å². The molecule has 2 N–H and O–H groups in total. The van der Waals surface area contributed by atoms with Gasteiger partial charge < -0.3 is 15.0 Å². The Hall–Kier alpha value is -3.67. The molecule has 4 aromatic rings. The molecular weight excluding hydrogens is 390 g/mol. The summed E-state index contributed by atoms with van der Waals surface area (Å²) in [6.07, 6.45) is 4.40. The van der Waals surface area contributed by atoms with Crippen molar-refractivity contribution < 1.29 is 14.3 Å². The van der Waals surface area contributed by atoms with E-state index in [1.807, 2.05) is 60.8 Å². The number of para-hydroxylation sites is 2. The molecule has 1 saturated carbocycles. The van der Waals surface area contributed by atoms with Crippen LogP contribution in [0.4, 0.5) is 0 Å². The van der Waals surface area contributed by atoms with Crippen LogP contribution in [-0.4, -0.2) is 35.0 Å². The first-order valence-corrected chi connectivity index (χ1v) is 10.5. The number of carbonyl (C=O) groups excluding carboxylic acids is 2. The zero-order valence-corrected chi connectivity index (χ0v) is 17.2. The first kappa shape index (κ1) is 19.3. The normalized spacial score (nSPS) is 14.5. The van der Waals surface area contributed by atoms with E-state index in [2.05, 4.69) is 10.3 Å². The molecule has 0 saturated heterocycles. The van der Waals surface area contributed by atoms with Crippen molar-refractivity contribution in [3.05, 3.63) is 77.6 Å². The summed E-state index contributed by atoms with van der Waals surface area (Å²) in [5.74, 6) is -0.353. The van der Waals surface area contributed by atoms with E-state index < -0.39 is 12.0 Å². The van der Waals surface area contributed by atoms with Gasteiger partial charge in [-0.3, -0.25) is 9.78 Å². The fraction of sp³-hybridized carbons (Fsp3) is 0.240. The highest BCUT2D eigenvalue weighted by Gasteiger charge is 2.28. The number of pyridine rings is 1. The number of H-pyrrole nitrogens is 1. The van der Waals surface area contributed by atoms with Crippen molar-refractivity contribution in [3.63, 3.8) is 0 Å². The largest absolute Gasteiger partial charge is 0.467 e. The molecule has 6 nitrogen and oxygen atoms in total. The number of benzene rings is 2. The summed E-state index contributed by atoms with van der Waals surface area (Å²) in [6.45, 7) is 0. The molecular formula is C25H23N3O3. The van der Waals surface area contributed by atoms with Crippen molar-refractivity contribution in [2.24, 2.45) is 0 Å². The average molecular weight is 413 g/mol. The molecule has 6 heteroatoms. The van der Waals surface area contributed by atoms with Crippen LogP contribution in [0.2, 0.25) is 0 Å². The maximum Gasteiger partial charge on any atom is 0.328 e. The Morgan fingerprint density at radius 1 is 1.13 bits per heavy atom. The monoisotopic (exact) mass is 413 g/mol. The van der Waals surface area contributed by atoms with Crippen LogP contribution in [0.5, 0.6) is 0 Å². The molecule has 0 aliphatic heterocycles. The van der Waals surface area contributed by atoms with E-state index in [1.165, 1.54) is 7.11 Å². The summed E-state index contributed by atoms with van der Waals surface area (Å²) >= 11 is 0. The van der Waals surface area contributed by atoms with Crippen molar-refractivity contribution in [3.8, 4) is 0 Å². The van der Waals surface area contributed by atoms with Gasteiger partial charge in [0.2, 0.25) is 0 Å². The van der Waals surface area contributed by atoms with Crippen molar-refractivity contribution in [2.75, 3.05) is 7.11 Å². The molecule has 1 amide bonds. The number of aromatic nitrogens is 2. The van der Waals surface area contributed by atoms with Crippen molar-refractivity contribution in [2.45, 2.75) is 31.2 Å². The van der Waals surface area contributed by atoms with E-state index in [0.29, 0.717) is 17.9 Å². The van der Waals surface area contributed by atoms with Gasteiger partial charge in [0.05, 0.1) is 18.2 Å². The summed E-state index contributed by atoms with van der Waals surface area (Å²) in [5, 5.41) is 4.71. The molecule has 2 aromatic carbocycles. The van der Waals surface area contributed by atoms with E-state index in [9.17, 15) is 9.59 Å². The Balaban J connectivity index is 1.47. The van der Waals surface area contributed by atoms with Crippen LogP contribution in [0.15, 0.2) is 60.8 Å². The van der Waals surface area contributed by atoms with Gasteiger partial charge in [0.1, 0.15) is 6.04 Å². The Bertz CT molecular complexity index is 1290. The van der Waals surface area contributed by atoms with Gasteiger partial charge in [0.25, 0.3) is 5.91 Å². The number of esters is 1. The topological polar surface area (TPSA) is 84.1 Å². The molecule has 0 spiro atoms. The highest BCUT2D eigenvalue weighted by Crippen LogP contribution is 2.40. The highest BCUT2D eigenvalue weighted by atomic mass is 16.5. The fourth-order valence-corrected chi connectivity index (χ4v) is 4.06. The smallest absolute Gasteiger partial charge is 0.328 e. The number of rotatable bonds is 6. The number of hydrogen-bond donors (Lipinski definition) is 2. The minimum Gasteiger partial charge on any atom is -0.467 e. The Morgan fingerprint density at radius 2 is 1.87 bits per heavy atom. The maximum absolute atomic E-state index is 13.3. The predicted octanol–water partition coefficient (Wildman–Crippen LogP) is 4.11. The van der Waals surface area contributed by atoms with Crippen LogP contribution in [-0.2, 0) is 16.0 Å². The fourth-order valence-electron chi connectivity index (χ4n) is 4.06. The molecule has 1 atom stereocenters. The van der Waals surface area contributed by atoms with Crippen LogP contribution in [0.25, 0.3) is 21.8 Å². The molecule has 1 unspecified atom stereocenters. The summed E-state index contributed by atoms with van der Waals surface area (Å²) < 4.78 is 4.99. The summed E-state index contributed by atoms with van der Waals surface area (Å²) in [5.41, 5.74) is 4.21. The summed E-state index contributed by atoms with van der Waals surface area (Å²) in [6, 6.07) is 16.6. The molecule has 5 rings (SSSR count). The molecule has 31 heavy (non-hydrogen) atoms. The zero-order chi connectivity index (χ0) is 21.4. The van der Waals surface area contributed by atoms with Gasteiger partial charge in [-0.05, 0) is 36.6 Å². The molecule has 0 bridgehead atoms. The van der Waals surface area contributed by atoms with Gasteiger partial charge in [-0.1, -0.05) is 36.4 Å². The molecule has 1 aliphatic rings. The average Bonchev–Trinajstić information content (AvgIpc) is 3.58. The lowest BCUT2D eigenvalue weighted by Gasteiger charge is -2.17. The van der Waals surface area contributed by atoms with Crippen LogP contribution < -0.4 is 5.32 Å². The number of methoxy groups -OCH3 is 1. The van der Waals surface area contributed by atoms with E-state index in [1.54, 1.807) is 0 Å². The van der Waals surface area contributed by atoms with Crippen molar-refractivity contribution in [1.29, 1.82) is 0 Å². The molecule has 156 valence electrons. The first-order valence-electron chi connectivity index (χ1n) is 10.5. The van der Waals surface area contributed by atoms with Crippen molar-refractivity contribution in [1.82, 2.24) is 15.3 Å².